The van der Waals surface area contributed by atoms with Crippen LogP contribution in [0, 0.1) is 11.8 Å². The van der Waals surface area contributed by atoms with Gasteiger partial charge in [-0.3, -0.25) is 4.57 Å². The summed E-state index contributed by atoms with van der Waals surface area (Å²) in [5.74, 6) is 6.66. The van der Waals surface area contributed by atoms with Crippen molar-refractivity contribution < 1.29 is 9.84 Å². The Morgan fingerprint density at radius 3 is 2.81 bits per heavy atom. The molecule has 1 saturated heterocycles. The van der Waals surface area contributed by atoms with E-state index in [1.807, 2.05) is 0 Å². The Hall–Kier alpha value is -1.82. The maximum absolute atomic E-state index is 10.6. The van der Waals surface area contributed by atoms with Gasteiger partial charge in [-0.1, -0.05) is 39.0 Å². The number of hydrogen-bond acceptors (Lipinski definition) is 7. The zero-order valence-electron chi connectivity index (χ0n) is 15.8. The number of aliphatic hydroxyl groups is 1. The van der Waals surface area contributed by atoms with E-state index in [1.165, 1.54) is 0 Å². The molecule has 1 aliphatic heterocycles. The van der Waals surface area contributed by atoms with Gasteiger partial charge < -0.3 is 15.6 Å². The molecule has 27 heavy (non-hydrogen) atoms. The van der Waals surface area contributed by atoms with Crippen LogP contribution in [0.25, 0.3) is 11.2 Å². The lowest BCUT2D eigenvalue weighted by molar-refractivity contribution is -0.0372. The van der Waals surface area contributed by atoms with Gasteiger partial charge in [0.1, 0.15) is 11.6 Å². The van der Waals surface area contributed by atoms with E-state index < -0.39 is 12.3 Å². The van der Waals surface area contributed by atoms with Crippen LogP contribution in [-0.2, 0) is 4.74 Å². The molecule has 1 aliphatic rings. The van der Waals surface area contributed by atoms with Crippen molar-refractivity contribution in [1.82, 2.24) is 19.5 Å². The molecule has 7 nitrogen and oxygen atoms in total. The molecule has 0 aliphatic carbocycles. The molecule has 0 spiro atoms. The van der Waals surface area contributed by atoms with Crippen LogP contribution >= 0.6 is 12.6 Å². The largest absolute Gasteiger partial charge is 0.387 e. The molecule has 3 heterocycles. The van der Waals surface area contributed by atoms with Crippen molar-refractivity contribution in [3.05, 3.63) is 12.2 Å². The number of nitrogens with zero attached hydrogens (tertiary/aromatic N) is 4. The third kappa shape index (κ3) is 4.21. The van der Waals surface area contributed by atoms with Gasteiger partial charge in [0.15, 0.2) is 17.7 Å². The first-order valence-electron chi connectivity index (χ1n) is 9.57. The van der Waals surface area contributed by atoms with Gasteiger partial charge in [0.25, 0.3) is 0 Å². The van der Waals surface area contributed by atoms with Crippen LogP contribution in [0.2, 0.25) is 0 Å². The van der Waals surface area contributed by atoms with Crippen molar-refractivity contribution in [2.24, 2.45) is 0 Å². The predicted molar refractivity (Wildman–Crippen MR) is 108 cm³/mol. The predicted octanol–water partition coefficient (Wildman–Crippen LogP) is 2.70. The van der Waals surface area contributed by atoms with Gasteiger partial charge in [-0.2, -0.15) is 12.6 Å². The first-order valence-corrected chi connectivity index (χ1v) is 10.1. The number of imidazole rings is 1. The number of fused-ring (bicyclic) bond motifs is 1. The molecule has 0 unspecified atom stereocenters. The van der Waals surface area contributed by atoms with E-state index in [0.717, 1.165) is 38.5 Å². The fraction of sp³-hybridized carbons (Fsp3) is 0.632. The zero-order valence-corrected chi connectivity index (χ0v) is 16.7. The topological polar surface area (TPSA) is 99.1 Å². The van der Waals surface area contributed by atoms with Crippen LogP contribution in [-0.4, -0.2) is 42.1 Å². The Balaban J connectivity index is 1.90. The van der Waals surface area contributed by atoms with Crippen LogP contribution in [0.15, 0.2) is 6.33 Å². The second kappa shape index (κ2) is 8.91. The van der Waals surface area contributed by atoms with E-state index in [9.17, 15) is 5.11 Å². The Bertz CT molecular complexity index is 844. The number of hydrogen-bond donors (Lipinski definition) is 3. The van der Waals surface area contributed by atoms with Gasteiger partial charge in [0, 0.05) is 6.42 Å². The molecule has 8 heteroatoms. The minimum Gasteiger partial charge on any atom is -0.387 e. The highest BCUT2D eigenvalue weighted by atomic mass is 32.1. The fourth-order valence-corrected chi connectivity index (χ4v) is 3.56. The van der Waals surface area contributed by atoms with E-state index in [1.54, 1.807) is 10.9 Å². The summed E-state index contributed by atoms with van der Waals surface area (Å²) in [4.78, 5) is 13.0. The molecular weight excluding hydrogens is 362 g/mol. The Morgan fingerprint density at radius 1 is 1.30 bits per heavy atom. The van der Waals surface area contributed by atoms with Crippen molar-refractivity contribution in [3.8, 4) is 11.8 Å². The summed E-state index contributed by atoms with van der Waals surface area (Å²) in [7, 11) is 0. The van der Waals surface area contributed by atoms with Crippen molar-refractivity contribution >= 4 is 29.6 Å². The molecule has 146 valence electrons. The van der Waals surface area contributed by atoms with Gasteiger partial charge in [-0.15, -0.1) is 0 Å². The molecule has 0 saturated carbocycles. The summed E-state index contributed by atoms with van der Waals surface area (Å²) in [5.41, 5.74) is 7.04. The molecule has 0 bridgehead atoms. The highest BCUT2D eigenvalue weighted by molar-refractivity contribution is 7.81. The molecule has 0 amide bonds. The number of aromatic nitrogens is 4. The van der Waals surface area contributed by atoms with Gasteiger partial charge in [-0.25, -0.2) is 15.0 Å². The third-order valence-corrected chi connectivity index (χ3v) is 5.40. The highest BCUT2D eigenvalue weighted by Gasteiger charge is 2.42. The minimum absolute atomic E-state index is 0.113. The first-order chi connectivity index (χ1) is 13.1. The lowest BCUT2D eigenvalue weighted by Crippen LogP contribution is -2.27. The second-order valence-corrected chi connectivity index (χ2v) is 7.45. The summed E-state index contributed by atoms with van der Waals surface area (Å²) < 4.78 is 7.81. The lowest BCUT2D eigenvalue weighted by Gasteiger charge is -2.16. The van der Waals surface area contributed by atoms with Crippen LogP contribution < -0.4 is 5.73 Å². The SMILES string of the molecule is CCCCC#Cc1nc(N)c2ncn([C@@H]3O[C@H](CCCC)[C@@H](S)[C@H]3O)c2n1. The zero-order chi connectivity index (χ0) is 19.4. The number of ether oxygens (including phenoxy) is 1. The molecule has 3 N–H and O–H groups in total. The van der Waals surface area contributed by atoms with E-state index in [2.05, 4.69) is 53.3 Å². The normalized spacial score (nSPS) is 24.9. The molecule has 4 atom stereocenters. The van der Waals surface area contributed by atoms with Crippen molar-refractivity contribution in [2.75, 3.05) is 5.73 Å². The Morgan fingerprint density at radius 2 is 2.07 bits per heavy atom. The Labute approximate surface area is 165 Å². The highest BCUT2D eigenvalue weighted by Crippen LogP contribution is 2.36. The lowest BCUT2D eigenvalue weighted by atomic mass is 10.1. The molecule has 2 aromatic rings. The summed E-state index contributed by atoms with van der Waals surface area (Å²) in [6.45, 7) is 4.25. The number of unbranched alkanes of at least 4 members (excludes halogenated alkanes) is 3. The van der Waals surface area contributed by atoms with Crippen molar-refractivity contribution in [1.29, 1.82) is 0 Å². The number of aliphatic hydroxyl groups excluding tert-OH is 1. The molecule has 2 aromatic heterocycles. The number of rotatable bonds is 6. The maximum Gasteiger partial charge on any atom is 0.208 e. The number of anilines is 1. The monoisotopic (exact) mass is 389 g/mol. The number of nitrogen functional groups attached to an aromatic ring is 1. The standard InChI is InChI=1S/C19H27N5O2S/c1-3-5-7-8-10-13-22-17(20)14-18(23-13)24(11-21-14)19-15(25)16(27)12(26-19)9-6-4-2/h11-12,15-16,19,25,27H,3-7,9H2,1-2H3,(H2,20,22,23)/t12-,15-,16-,19-/m1/s1. The van der Waals surface area contributed by atoms with Gasteiger partial charge in [-0.05, 0) is 18.8 Å². The first kappa shape index (κ1) is 19.9. The molecular formula is C19H27N5O2S. The number of nitrogens with two attached hydrogens (primary N) is 1. The average Bonchev–Trinajstić information content (AvgIpc) is 3.19. The second-order valence-electron chi connectivity index (χ2n) is 6.85. The van der Waals surface area contributed by atoms with E-state index in [4.69, 9.17) is 10.5 Å². The minimum atomic E-state index is -0.761. The van der Waals surface area contributed by atoms with Crippen molar-refractivity contribution in [2.45, 2.75) is 76.1 Å². The van der Waals surface area contributed by atoms with Crippen LogP contribution in [0.1, 0.15) is 64.4 Å². The average molecular weight is 390 g/mol. The summed E-state index contributed by atoms with van der Waals surface area (Å²) in [6, 6.07) is 0. The summed E-state index contributed by atoms with van der Waals surface area (Å²) in [5, 5.41) is 10.4. The van der Waals surface area contributed by atoms with E-state index in [-0.39, 0.29) is 17.2 Å². The smallest absolute Gasteiger partial charge is 0.208 e. The van der Waals surface area contributed by atoms with Crippen LogP contribution in [0.3, 0.4) is 0 Å². The molecule has 0 aromatic carbocycles. The molecule has 1 fully saturated rings. The number of thiol groups is 1. The van der Waals surface area contributed by atoms with Crippen LogP contribution in [0.5, 0.6) is 0 Å². The van der Waals surface area contributed by atoms with E-state index >= 15 is 0 Å². The van der Waals surface area contributed by atoms with Gasteiger partial charge in [0.2, 0.25) is 5.82 Å². The quantitative estimate of drug-likeness (QED) is 0.399. The summed E-state index contributed by atoms with van der Waals surface area (Å²) >= 11 is 4.56. The fourth-order valence-electron chi connectivity index (χ4n) is 3.19. The van der Waals surface area contributed by atoms with Gasteiger partial charge in [0.05, 0.1) is 17.7 Å². The Kier molecular flexibility index (Phi) is 6.58. The van der Waals surface area contributed by atoms with Gasteiger partial charge >= 0.3 is 0 Å². The van der Waals surface area contributed by atoms with E-state index in [0.29, 0.717) is 17.0 Å². The summed E-state index contributed by atoms with van der Waals surface area (Å²) in [6.07, 6.45) is 5.98. The maximum atomic E-state index is 10.6. The van der Waals surface area contributed by atoms with Crippen LogP contribution in [0.4, 0.5) is 5.82 Å². The molecule has 3 rings (SSSR count). The van der Waals surface area contributed by atoms with Crippen molar-refractivity contribution in [3.63, 3.8) is 0 Å². The molecule has 0 radical (unpaired) electrons. The third-order valence-electron chi connectivity index (χ3n) is 4.76.